The van der Waals surface area contributed by atoms with Crippen molar-refractivity contribution in [1.29, 1.82) is 0 Å². The van der Waals surface area contributed by atoms with Gasteiger partial charge in [0.2, 0.25) is 0 Å². The minimum atomic E-state index is 0.240. The number of para-hydroxylation sites is 2. The molecular formula is C56H44O2. The van der Waals surface area contributed by atoms with Gasteiger partial charge in [0.25, 0.3) is 0 Å². The highest BCUT2D eigenvalue weighted by atomic mass is 16.3. The fourth-order valence-corrected chi connectivity index (χ4v) is 11.1. The van der Waals surface area contributed by atoms with Crippen molar-refractivity contribution in [3.63, 3.8) is 0 Å². The molecule has 1 saturated carbocycles. The molecule has 0 aliphatic heterocycles. The second kappa shape index (κ2) is 13.6. The SMILES string of the molecule is C1=CC2C(c3ccccc3)=Cc3oc4c(C5CC(C6=CC7C=CC(c8ccccc8)=CC7C=C6)CC(c6ccc7c(c6)oc6ccccc67)C5)cccc4c3C2C=C1. The molecule has 0 radical (unpaired) electrons. The van der Waals surface area contributed by atoms with E-state index in [0.717, 1.165) is 41.8 Å². The van der Waals surface area contributed by atoms with Crippen LogP contribution in [0.1, 0.15) is 70.6 Å². The van der Waals surface area contributed by atoms with E-state index in [2.05, 4.69) is 188 Å². The maximum atomic E-state index is 7.11. The zero-order valence-electron chi connectivity index (χ0n) is 32.4. The second-order valence-corrected chi connectivity index (χ2v) is 17.1. The van der Waals surface area contributed by atoms with Gasteiger partial charge in [-0.25, -0.2) is 0 Å². The van der Waals surface area contributed by atoms with Crippen LogP contribution in [-0.2, 0) is 0 Å². The highest BCUT2D eigenvalue weighted by Crippen LogP contribution is 2.53. The average Bonchev–Trinajstić information content (AvgIpc) is 3.87. The molecule has 2 heteroatoms. The first kappa shape index (κ1) is 33.7. The molecule has 1 fully saturated rings. The van der Waals surface area contributed by atoms with Gasteiger partial charge in [-0.3, -0.25) is 0 Å². The molecule has 280 valence electrons. The van der Waals surface area contributed by atoms with Gasteiger partial charge in [-0.15, -0.1) is 0 Å². The first-order chi connectivity index (χ1) is 28.7. The maximum absolute atomic E-state index is 7.11. The maximum Gasteiger partial charge on any atom is 0.138 e. The lowest BCUT2D eigenvalue weighted by Crippen LogP contribution is -2.24. The summed E-state index contributed by atoms with van der Waals surface area (Å²) in [5.41, 5.74) is 13.7. The third kappa shape index (κ3) is 5.61. The molecule has 7 aromatic rings. The summed E-state index contributed by atoms with van der Waals surface area (Å²) < 4.78 is 13.6. The van der Waals surface area contributed by atoms with Gasteiger partial charge in [0, 0.05) is 45.4 Å². The highest BCUT2D eigenvalue weighted by Gasteiger charge is 2.38. The predicted molar refractivity (Wildman–Crippen MR) is 239 cm³/mol. The van der Waals surface area contributed by atoms with E-state index in [-0.39, 0.29) is 11.8 Å². The molecular weight excluding hydrogens is 705 g/mol. The molecule has 5 aliphatic carbocycles. The quantitative estimate of drug-likeness (QED) is 0.175. The largest absolute Gasteiger partial charge is 0.456 e. The van der Waals surface area contributed by atoms with E-state index >= 15 is 0 Å². The van der Waals surface area contributed by atoms with E-state index in [9.17, 15) is 0 Å². The molecule has 0 saturated heterocycles. The number of hydrogen-bond acceptors (Lipinski definition) is 2. The van der Waals surface area contributed by atoms with Crippen LogP contribution >= 0.6 is 0 Å². The number of hydrogen-bond donors (Lipinski definition) is 0. The lowest BCUT2D eigenvalue weighted by atomic mass is 9.66. The van der Waals surface area contributed by atoms with Gasteiger partial charge < -0.3 is 8.83 Å². The van der Waals surface area contributed by atoms with E-state index in [1.807, 2.05) is 0 Å². The first-order valence-electron chi connectivity index (χ1n) is 21.2. The Balaban J connectivity index is 0.941. The van der Waals surface area contributed by atoms with Crippen molar-refractivity contribution < 1.29 is 8.83 Å². The Morgan fingerprint density at radius 2 is 1.21 bits per heavy atom. The summed E-state index contributed by atoms with van der Waals surface area (Å²) in [6.45, 7) is 0. The Bertz CT molecular complexity index is 2960. The molecule has 2 aromatic heterocycles. The van der Waals surface area contributed by atoms with Crippen molar-refractivity contribution in [2.45, 2.75) is 37.0 Å². The molecule has 0 spiro atoms. The van der Waals surface area contributed by atoms with Crippen LogP contribution in [0.2, 0.25) is 0 Å². The van der Waals surface area contributed by atoms with E-state index < -0.39 is 0 Å². The lowest BCUT2D eigenvalue weighted by molar-refractivity contribution is 0.322. The summed E-state index contributed by atoms with van der Waals surface area (Å²) >= 11 is 0. The molecule has 0 N–H and O–H groups in total. The molecule has 2 heterocycles. The van der Waals surface area contributed by atoms with E-state index in [1.165, 1.54) is 60.7 Å². The fraction of sp³-hybridized carbons (Fsp3) is 0.179. The van der Waals surface area contributed by atoms with Crippen LogP contribution in [0.25, 0.3) is 50.1 Å². The highest BCUT2D eigenvalue weighted by molar-refractivity contribution is 6.05. The molecule has 0 amide bonds. The standard InChI is InChI=1S/C56H44O2/c1-3-12-35(13-4-1)37-22-23-39-29-40(25-24-38(39)28-37)42-30-43(41-26-27-48-47-17-9-10-21-52(47)57-53(48)33-41)32-44(31-42)45-19-11-20-50-55-49-18-8-7-16-46(49)51(34-54(55)58-56(45)50)36-14-5-2-6-15-36/h1-29,33-34,38-39,42-44,46,49H,30-32H2. The molecule has 12 rings (SSSR count). The molecule has 7 unspecified atom stereocenters. The molecule has 0 bridgehead atoms. The van der Waals surface area contributed by atoms with Crippen molar-refractivity contribution in [2.24, 2.45) is 23.7 Å². The molecule has 7 atom stereocenters. The monoisotopic (exact) mass is 748 g/mol. The average molecular weight is 749 g/mol. The van der Waals surface area contributed by atoms with Gasteiger partial charge in [-0.2, -0.15) is 0 Å². The topological polar surface area (TPSA) is 26.3 Å². The number of benzene rings is 5. The zero-order valence-corrected chi connectivity index (χ0v) is 32.4. The number of fused-ring (bicyclic) bond motifs is 9. The lowest BCUT2D eigenvalue weighted by Gasteiger charge is -2.38. The van der Waals surface area contributed by atoms with Crippen LogP contribution in [0.4, 0.5) is 0 Å². The fourth-order valence-electron chi connectivity index (χ4n) is 11.1. The molecule has 5 aliphatic rings. The van der Waals surface area contributed by atoms with Crippen molar-refractivity contribution >= 4 is 50.1 Å². The summed E-state index contributed by atoms with van der Waals surface area (Å²) in [6, 6.07) is 44.0. The van der Waals surface area contributed by atoms with E-state index in [1.54, 1.807) is 0 Å². The van der Waals surface area contributed by atoms with Gasteiger partial charge in [0.1, 0.15) is 22.5 Å². The van der Waals surface area contributed by atoms with Crippen LogP contribution in [-0.4, -0.2) is 0 Å². The van der Waals surface area contributed by atoms with Gasteiger partial charge >= 0.3 is 0 Å². The Labute approximate surface area is 339 Å². The van der Waals surface area contributed by atoms with Crippen LogP contribution in [0.5, 0.6) is 0 Å². The molecule has 58 heavy (non-hydrogen) atoms. The summed E-state index contributed by atoms with van der Waals surface area (Å²) in [7, 11) is 0. The summed E-state index contributed by atoms with van der Waals surface area (Å²) in [5.74, 6) is 3.40. The van der Waals surface area contributed by atoms with E-state index in [0.29, 0.717) is 29.6 Å². The zero-order chi connectivity index (χ0) is 38.2. The van der Waals surface area contributed by atoms with Gasteiger partial charge in [-0.1, -0.05) is 170 Å². The van der Waals surface area contributed by atoms with Crippen molar-refractivity contribution in [1.82, 2.24) is 0 Å². The Morgan fingerprint density at radius 1 is 0.500 bits per heavy atom. The van der Waals surface area contributed by atoms with Crippen LogP contribution in [0, 0.1) is 23.7 Å². The van der Waals surface area contributed by atoms with Crippen LogP contribution in [0.3, 0.4) is 0 Å². The minimum Gasteiger partial charge on any atom is -0.456 e. The summed E-state index contributed by atoms with van der Waals surface area (Å²) in [6.07, 6.45) is 29.5. The van der Waals surface area contributed by atoms with Crippen molar-refractivity contribution in [3.8, 4) is 0 Å². The van der Waals surface area contributed by atoms with Gasteiger partial charge in [0.05, 0.1) is 0 Å². The predicted octanol–water partition coefficient (Wildman–Crippen LogP) is 14.8. The molecule has 5 aromatic carbocycles. The second-order valence-electron chi connectivity index (χ2n) is 17.1. The Hall–Kier alpha value is -6.38. The van der Waals surface area contributed by atoms with E-state index in [4.69, 9.17) is 8.83 Å². The summed E-state index contributed by atoms with van der Waals surface area (Å²) in [4.78, 5) is 0. The van der Waals surface area contributed by atoms with Crippen molar-refractivity contribution in [3.05, 3.63) is 221 Å². The minimum absolute atomic E-state index is 0.240. The molecule has 2 nitrogen and oxygen atoms in total. The van der Waals surface area contributed by atoms with Crippen LogP contribution in [0.15, 0.2) is 196 Å². The van der Waals surface area contributed by atoms with Crippen molar-refractivity contribution in [2.75, 3.05) is 0 Å². The normalized spacial score (nSPS) is 25.9. The Kier molecular flexibility index (Phi) is 7.93. The van der Waals surface area contributed by atoms with Gasteiger partial charge in [-0.05, 0) is 94.2 Å². The smallest absolute Gasteiger partial charge is 0.138 e. The first-order valence-corrected chi connectivity index (χ1v) is 21.2. The summed E-state index contributed by atoms with van der Waals surface area (Å²) in [5, 5.41) is 3.64. The van der Waals surface area contributed by atoms with Gasteiger partial charge in [0.15, 0.2) is 0 Å². The third-order valence-corrected chi connectivity index (χ3v) is 13.8. The number of allylic oxidation sites excluding steroid dienone is 13. The number of furan rings is 2. The number of rotatable bonds is 5. The third-order valence-electron chi connectivity index (χ3n) is 13.8. The van der Waals surface area contributed by atoms with Crippen LogP contribution < -0.4 is 0 Å². The Morgan fingerprint density at radius 3 is 2.09 bits per heavy atom.